The Labute approximate surface area is 110 Å². The van der Waals surface area contributed by atoms with E-state index in [0.717, 1.165) is 18.5 Å². The van der Waals surface area contributed by atoms with Crippen LogP contribution in [0.3, 0.4) is 0 Å². The number of hydrogen-bond acceptors (Lipinski definition) is 3. The molecule has 1 aromatic rings. The van der Waals surface area contributed by atoms with E-state index < -0.39 is 9.84 Å². The van der Waals surface area contributed by atoms with Gasteiger partial charge in [-0.3, -0.25) is 0 Å². The third kappa shape index (κ3) is 3.33. The van der Waals surface area contributed by atoms with Crippen molar-refractivity contribution in [2.75, 3.05) is 12.8 Å². The minimum absolute atomic E-state index is 0.430. The highest BCUT2D eigenvalue weighted by atomic mass is 32.2. The second-order valence-corrected chi connectivity index (χ2v) is 7.23. The van der Waals surface area contributed by atoms with Crippen LogP contribution in [0, 0.1) is 6.92 Å². The van der Waals surface area contributed by atoms with Crippen LogP contribution in [0.25, 0.3) is 0 Å². The van der Waals surface area contributed by atoms with Gasteiger partial charge in [0.15, 0.2) is 9.84 Å². The summed E-state index contributed by atoms with van der Waals surface area (Å²) in [4.78, 5) is 0.430. The number of rotatable bonds is 3. The van der Waals surface area contributed by atoms with Crippen molar-refractivity contribution in [2.45, 2.75) is 43.5 Å². The zero-order chi connectivity index (χ0) is 13.2. The second-order valence-electron chi connectivity index (χ2n) is 5.21. The molecule has 0 spiro atoms. The average molecular weight is 267 g/mol. The maximum absolute atomic E-state index is 11.6. The summed E-state index contributed by atoms with van der Waals surface area (Å²) in [6.07, 6.45) is 5.89. The van der Waals surface area contributed by atoms with Crippen molar-refractivity contribution in [1.29, 1.82) is 0 Å². The molecule has 100 valence electrons. The molecule has 1 unspecified atom stereocenters. The van der Waals surface area contributed by atoms with E-state index in [1.165, 1.54) is 31.1 Å². The monoisotopic (exact) mass is 267 g/mol. The molecule has 0 amide bonds. The minimum Gasteiger partial charge on any atom is -0.314 e. The minimum atomic E-state index is -3.10. The van der Waals surface area contributed by atoms with Crippen LogP contribution in [0.15, 0.2) is 23.1 Å². The lowest BCUT2D eigenvalue weighted by Crippen LogP contribution is -2.35. The van der Waals surface area contributed by atoms with Crippen molar-refractivity contribution in [3.8, 4) is 0 Å². The standard InChI is InChI=1S/C14H21NO2S/c1-11-6-7-14(18(2,16)17)10-12(11)9-13-5-3-4-8-15-13/h6-7,10,13,15H,3-5,8-9H2,1-2H3. The predicted octanol–water partition coefficient (Wildman–Crippen LogP) is 2.08. The van der Waals surface area contributed by atoms with E-state index in [2.05, 4.69) is 5.32 Å². The van der Waals surface area contributed by atoms with E-state index in [0.29, 0.717) is 10.9 Å². The fourth-order valence-electron chi connectivity index (χ4n) is 2.46. The van der Waals surface area contributed by atoms with Crippen LogP contribution in [0.5, 0.6) is 0 Å². The van der Waals surface area contributed by atoms with Crippen LogP contribution in [-0.4, -0.2) is 27.3 Å². The first kappa shape index (κ1) is 13.6. The van der Waals surface area contributed by atoms with Crippen LogP contribution in [0.1, 0.15) is 30.4 Å². The highest BCUT2D eigenvalue weighted by Gasteiger charge is 2.16. The molecule has 1 N–H and O–H groups in total. The molecule has 1 heterocycles. The first-order valence-electron chi connectivity index (χ1n) is 6.50. The smallest absolute Gasteiger partial charge is 0.175 e. The summed E-state index contributed by atoms with van der Waals surface area (Å²) in [7, 11) is -3.10. The summed E-state index contributed by atoms with van der Waals surface area (Å²) in [6.45, 7) is 3.12. The fourth-order valence-corrected chi connectivity index (χ4v) is 3.13. The zero-order valence-electron chi connectivity index (χ0n) is 11.1. The normalized spacial score (nSPS) is 20.9. The number of hydrogen-bond donors (Lipinski definition) is 1. The summed E-state index contributed by atoms with van der Waals surface area (Å²) in [5.41, 5.74) is 2.33. The van der Waals surface area contributed by atoms with E-state index >= 15 is 0 Å². The highest BCUT2D eigenvalue weighted by molar-refractivity contribution is 7.90. The van der Waals surface area contributed by atoms with Gasteiger partial charge < -0.3 is 5.32 Å². The largest absolute Gasteiger partial charge is 0.314 e. The van der Waals surface area contributed by atoms with Gasteiger partial charge in [0.1, 0.15) is 0 Å². The predicted molar refractivity (Wildman–Crippen MR) is 73.6 cm³/mol. The Hall–Kier alpha value is -0.870. The molecule has 1 aliphatic rings. The Morgan fingerprint density at radius 2 is 2.11 bits per heavy atom. The van der Waals surface area contributed by atoms with Crippen molar-refractivity contribution in [3.05, 3.63) is 29.3 Å². The molecular weight excluding hydrogens is 246 g/mol. The quantitative estimate of drug-likeness (QED) is 0.912. The second kappa shape index (κ2) is 5.41. The van der Waals surface area contributed by atoms with Gasteiger partial charge in [-0.2, -0.15) is 0 Å². The van der Waals surface area contributed by atoms with Gasteiger partial charge in [-0.1, -0.05) is 12.5 Å². The Morgan fingerprint density at radius 3 is 2.72 bits per heavy atom. The lowest BCUT2D eigenvalue weighted by Gasteiger charge is -2.24. The van der Waals surface area contributed by atoms with Gasteiger partial charge in [0, 0.05) is 12.3 Å². The highest BCUT2D eigenvalue weighted by Crippen LogP contribution is 2.19. The number of benzene rings is 1. The molecule has 0 bridgehead atoms. The van der Waals surface area contributed by atoms with Gasteiger partial charge >= 0.3 is 0 Å². The molecule has 2 rings (SSSR count). The third-order valence-corrected chi connectivity index (χ3v) is 4.74. The molecule has 0 radical (unpaired) electrons. The molecular formula is C14H21NO2S. The van der Waals surface area contributed by atoms with Crippen LogP contribution in [-0.2, 0) is 16.3 Å². The maximum Gasteiger partial charge on any atom is 0.175 e. The van der Waals surface area contributed by atoms with Gasteiger partial charge in [-0.25, -0.2) is 8.42 Å². The molecule has 1 aromatic carbocycles. The lowest BCUT2D eigenvalue weighted by atomic mass is 9.95. The number of piperidine rings is 1. The third-order valence-electron chi connectivity index (χ3n) is 3.63. The molecule has 4 heteroatoms. The van der Waals surface area contributed by atoms with Gasteiger partial charge in [-0.15, -0.1) is 0 Å². The first-order valence-corrected chi connectivity index (χ1v) is 8.39. The molecule has 1 fully saturated rings. The van der Waals surface area contributed by atoms with Crippen LogP contribution < -0.4 is 5.32 Å². The number of sulfone groups is 1. The van der Waals surface area contributed by atoms with Crippen molar-refractivity contribution >= 4 is 9.84 Å². The molecule has 0 aliphatic carbocycles. The van der Waals surface area contributed by atoms with E-state index in [1.54, 1.807) is 6.07 Å². The fraction of sp³-hybridized carbons (Fsp3) is 0.571. The molecule has 1 aliphatic heterocycles. The van der Waals surface area contributed by atoms with Gasteiger partial charge in [-0.05, 0) is 56.0 Å². The summed E-state index contributed by atoms with van der Waals surface area (Å²) >= 11 is 0. The van der Waals surface area contributed by atoms with Crippen molar-refractivity contribution in [2.24, 2.45) is 0 Å². The number of aryl methyl sites for hydroxylation is 1. The molecule has 18 heavy (non-hydrogen) atoms. The average Bonchev–Trinajstić information content (AvgIpc) is 2.32. The number of nitrogens with one attached hydrogen (secondary N) is 1. The van der Waals surface area contributed by atoms with Crippen LogP contribution in [0.4, 0.5) is 0 Å². The van der Waals surface area contributed by atoms with Crippen molar-refractivity contribution < 1.29 is 8.42 Å². The Kier molecular flexibility index (Phi) is 4.07. The van der Waals surface area contributed by atoms with Crippen LogP contribution in [0.2, 0.25) is 0 Å². The van der Waals surface area contributed by atoms with Crippen LogP contribution >= 0.6 is 0 Å². The summed E-state index contributed by atoms with van der Waals surface area (Å²) in [6, 6.07) is 5.94. The zero-order valence-corrected chi connectivity index (χ0v) is 11.9. The molecule has 0 saturated carbocycles. The topological polar surface area (TPSA) is 46.2 Å². The van der Waals surface area contributed by atoms with E-state index in [4.69, 9.17) is 0 Å². The molecule has 3 nitrogen and oxygen atoms in total. The first-order chi connectivity index (χ1) is 8.47. The molecule has 0 aromatic heterocycles. The van der Waals surface area contributed by atoms with E-state index in [-0.39, 0.29) is 0 Å². The van der Waals surface area contributed by atoms with Crippen molar-refractivity contribution in [3.63, 3.8) is 0 Å². The van der Waals surface area contributed by atoms with Gasteiger partial charge in [0.25, 0.3) is 0 Å². The SMILES string of the molecule is Cc1ccc(S(C)(=O)=O)cc1CC1CCCCN1. The van der Waals surface area contributed by atoms with E-state index in [9.17, 15) is 8.42 Å². The maximum atomic E-state index is 11.6. The summed E-state index contributed by atoms with van der Waals surface area (Å²) in [5, 5.41) is 3.50. The molecule has 1 atom stereocenters. The van der Waals surface area contributed by atoms with Gasteiger partial charge in [0.05, 0.1) is 4.90 Å². The molecule has 1 saturated heterocycles. The summed E-state index contributed by atoms with van der Waals surface area (Å²) in [5.74, 6) is 0. The van der Waals surface area contributed by atoms with Gasteiger partial charge in [0.2, 0.25) is 0 Å². The summed E-state index contributed by atoms with van der Waals surface area (Å²) < 4.78 is 23.1. The lowest BCUT2D eigenvalue weighted by molar-refractivity contribution is 0.399. The van der Waals surface area contributed by atoms with Crippen molar-refractivity contribution in [1.82, 2.24) is 5.32 Å². The Balaban J connectivity index is 2.21. The Morgan fingerprint density at radius 1 is 1.33 bits per heavy atom. The van der Waals surface area contributed by atoms with E-state index in [1.807, 2.05) is 19.1 Å². The Bertz CT molecular complexity index is 517.